The van der Waals surface area contributed by atoms with Gasteiger partial charge in [0.1, 0.15) is 11.6 Å². The molecule has 2 aliphatic heterocycles. The number of likely N-dealkylation sites (tertiary alicyclic amines) is 1. The van der Waals surface area contributed by atoms with Crippen molar-refractivity contribution in [1.82, 2.24) is 4.90 Å². The molecular weight excluding hydrogens is 367 g/mol. The molecule has 2 aromatic rings. The van der Waals surface area contributed by atoms with Crippen molar-refractivity contribution in [3.8, 4) is 5.75 Å². The Morgan fingerprint density at radius 3 is 2.48 bits per heavy atom. The van der Waals surface area contributed by atoms with Crippen molar-refractivity contribution >= 4 is 11.6 Å². The zero-order chi connectivity index (χ0) is 20.6. The van der Waals surface area contributed by atoms with E-state index in [0.717, 1.165) is 42.9 Å². The van der Waals surface area contributed by atoms with Gasteiger partial charge in [-0.2, -0.15) is 0 Å². The molecule has 0 bridgehead atoms. The van der Waals surface area contributed by atoms with E-state index in [1.165, 1.54) is 12.1 Å². The first-order chi connectivity index (χ1) is 13.9. The van der Waals surface area contributed by atoms with E-state index in [2.05, 4.69) is 18.7 Å². The summed E-state index contributed by atoms with van der Waals surface area (Å²) in [5, 5.41) is 0. The minimum absolute atomic E-state index is 0.0117. The zero-order valence-electron chi connectivity index (χ0n) is 17.4. The number of hydrogen-bond acceptors (Lipinski definition) is 3. The minimum atomic E-state index is -0.207. The lowest BCUT2D eigenvalue weighted by molar-refractivity contribution is -0.132. The van der Waals surface area contributed by atoms with Crippen LogP contribution in [0, 0.1) is 11.7 Å². The number of nitrogens with zero attached hydrogens (tertiary/aromatic N) is 2. The molecule has 4 nitrogen and oxygen atoms in total. The number of halogens is 1. The van der Waals surface area contributed by atoms with Crippen molar-refractivity contribution in [2.45, 2.75) is 44.7 Å². The maximum absolute atomic E-state index is 13.4. The Labute approximate surface area is 172 Å². The molecule has 2 aliphatic rings. The lowest BCUT2D eigenvalue weighted by atomic mass is 9.89. The van der Waals surface area contributed by atoms with Crippen molar-refractivity contribution < 1.29 is 13.9 Å². The Balaban J connectivity index is 1.44. The topological polar surface area (TPSA) is 32.8 Å². The summed E-state index contributed by atoms with van der Waals surface area (Å²) in [7, 11) is 1.64. The van der Waals surface area contributed by atoms with Crippen LogP contribution in [-0.2, 0) is 11.2 Å². The number of carbonyl (C=O) groups excluding carboxylic acids is 1. The second kappa shape index (κ2) is 7.69. The lowest BCUT2D eigenvalue weighted by Crippen LogP contribution is -2.50. The van der Waals surface area contributed by atoms with Crippen LogP contribution in [0.4, 0.5) is 10.1 Å². The van der Waals surface area contributed by atoms with Gasteiger partial charge in [0.25, 0.3) is 0 Å². The van der Waals surface area contributed by atoms with E-state index in [-0.39, 0.29) is 17.3 Å². The Bertz CT molecular complexity index is 863. The Kier molecular flexibility index (Phi) is 5.24. The van der Waals surface area contributed by atoms with Gasteiger partial charge in [0.15, 0.2) is 0 Å². The van der Waals surface area contributed by atoms with Crippen LogP contribution in [0.15, 0.2) is 48.5 Å². The van der Waals surface area contributed by atoms with Crippen molar-refractivity contribution in [2.24, 2.45) is 5.92 Å². The van der Waals surface area contributed by atoms with Crippen LogP contribution in [0.3, 0.4) is 0 Å². The van der Waals surface area contributed by atoms with Crippen LogP contribution >= 0.6 is 0 Å². The molecule has 0 saturated carbocycles. The predicted octanol–water partition coefficient (Wildman–Crippen LogP) is 4.28. The molecule has 5 heteroatoms. The summed E-state index contributed by atoms with van der Waals surface area (Å²) in [5.74, 6) is 1.22. The molecule has 2 fully saturated rings. The second-order valence-corrected chi connectivity index (χ2v) is 8.84. The molecule has 2 heterocycles. The van der Waals surface area contributed by atoms with Gasteiger partial charge in [-0.1, -0.05) is 12.1 Å². The maximum atomic E-state index is 13.4. The van der Waals surface area contributed by atoms with Gasteiger partial charge in [0, 0.05) is 30.4 Å². The van der Waals surface area contributed by atoms with Crippen molar-refractivity contribution in [3.05, 3.63) is 59.9 Å². The lowest BCUT2D eigenvalue weighted by Gasteiger charge is -2.42. The SMILES string of the molecule is COc1ccc(CC(=O)N2CC[C@H]3[C@@H](C2)CC(C)(C)N3c2ccc(F)cc2)cc1. The fourth-order valence-corrected chi connectivity index (χ4v) is 5.15. The molecule has 0 unspecified atom stereocenters. The van der Waals surface area contributed by atoms with Crippen LogP contribution < -0.4 is 9.64 Å². The normalized spacial score (nSPS) is 23.0. The third-order valence-corrected chi connectivity index (χ3v) is 6.41. The van der Waals surface area contributed by atoms with Crippen LogP contribution in [-0.4, -0.2) is 42.6 Å². The Hall–Kier alpha value is -2.56. The van der Waals surface area contributed by atoms with E-state index in [1.807, 2.05) is 41.3 Å². The number of anilines is 1. The summed E-state index contributed by atoms with van der Waals surface area (Å²) in [6.07, 6.45) is 2.40. The molecular formula is C24H29FN2O2. The average molecular weight is 397 g/mol. The molecule has 154 valence electrons. The number of piperidine rings is 1. The van der Waals surface area contributed by atoms with Gasteiger partial charge in [-0.15, -0.1) is 0 Å². The smallest absolute Gasteiger partial charge is 0.227 e. The van der Waals surface area contributed by atoms with Gasteiger partial charge in [0.05, 0.1) is 13.5 Å². The molecule has 29 heavy (non-hydrogen) atoms. The average Bonchev–Trinajstić information content (AvgIpc) is 2.98. The van der Waals surface area contributed by atoms with Gasteiger partial charge in [-0.3, -0.25) is 4.79 Å². The van der Waals surface area contributed by atoms with E-state index in [4.69, 9.17) is 4.74 Å². The first kappa shape index (κ1) is 19.7. The Morgan fingerprint density at radius 2 is 1.83 bits per heavy atom. The van der Waals surface area contributed by atoms with Gasteiger partial charge < -0.3 is 14.5 Å². The van der Waals surface area contributed by atoms with Crippen molar-refractivity contribution in [2.75, 3.05) is 25.1 Å². The monoisotopic (exact) mass is 396 g/mol. The highest BCUT2D eigenvalue weighted by atomic mass is 19.1. The van der Waals surface area contributed by atoms with E-state index < -0.39 is 0 Å². The predicted molar refractivity (Wildman–Crippen MR) is 113 cm³/mol. The van der Waals surface area contributed by atoms with E-state index in [0.29, 0.717) is 18.4 Å². The molecule has 1 amide bonds. The van der Waals surface area contributed by atoms with Gasteiger partial charge in [-0.05, 0) is 74.6 Å². The molecule has 2 saturated heterocycles. The fourth-order valence-electron chi connectivity index (χ4n) is 5.15. The highest BCUT2D eigenvalue weighted by Crippen LogP contribution is 2.44. The summed E-state index contributed by atoms with van der Waals surface area (Å²) in [4.78, 5) is 17.4. The molecule has 2 aromatic carbocycles. The van der Waals surface area contributed by atoms with E-state index in [9.17, 15) is 9.18 Å². The van der Waals surface area contributed by atoms with Crippen LogP contribution in [0.2, 0.25) is 0 Å². The third kappa shape index (κ3) is 3.96. The summed E-state index contributed by atoms with van der Waals surface area (Å²) in [6, 6.07) is 14.9. The fraction of sp³-hybridized carbons (Fsp3) is 0.458. The Morgan fingerprint density at radius 1 is 1.14 bits per heavy atom. The summed E-state index contributed by atoms with van der Waals surface area (Å²) >= 11 is 0. The van der Waals surface area contributed by atoms with Crippen LogP contribution in [0.25, 0.3) is 0 Å². The zero-order valence-corrected chi connectivity index (χ0v) is 17.4. The number of fused-ring (bicyclic) bond motifs is 1. The summed E-state index contributed by atoms with van der Waals surface area (Å²) in [5.41, 5.74) is 2.07. The van der Waals surface area contributed by atoms with Gasteiger partial charge >= 0.3 is 0 Å². The number of methoxy groups -OCH3 is 1. The quantitative estimate of drug-likeness (QED) is 0.773. The summed E-state index contributed by atoms with van der Waals surface area (Å²) < 4.78 is 18.6. The molecule has 0 N–H and O–H groups in total. The number of carbonyl (C=O) groups is 1. The highest BCUT2D eigenvalue weighted by molar-refractivity contribution is 5.79. The number of benzene rings is 2. The van der Waals surface area contributed by atoms with Crippen LogP contribution in [0.1, 0.15) is 32.3 Å². The second-order valence-electron chi connectivity index (χ2n) is 8.84. The standard InChI is InChI=1S/C24H29FN2O2/c1-24(2)15-18-16-26(23(28)14-17-4-10-21(29-3)11-5-17)13-12-22(18)27(24)20-8-6-19(25)7-9-20/h4-11,18,22H,12-16H2,1-3H3/t18-,22+/m1/s1. The van der Waals surface area contributed by atoms with Gasteiger partial charge in [0.2, 0.25) is 5.91 Å². The largest absolute Gasteiger partial charge is 0.497 e. The van der Waals surface area contributed by atoms with Gasteiger partial charge in [-0.25, -0.2) is 4.39 Å². The van der Waals surface area contributed by atoms with Crippen molar-refractivity contribution in [3.63, 3.8) is 0 Å². The highest BCUT2D eigenvalue weighted by Gasteiger charge is 2.48. The molecule has 0 aromatic heterocycles. The summed E-state index contributed by atoms with van der Waals surface area (Å²) in [6.45, 7) is 6.06. The van der Waals surface area contributed by atoms with Crippen LogP contribution in [0.5, 0.6) is 5.75 Å². The molecule has 4 rings (SSSR count). The number of amides is 1. The molecule has 0 spiro atoms. The minimum Gasteiger partial charge on any atom is -0.497 e. The first-order valence-electron chi connectivity index (χ1n) is 10.3. The van der Waals surface area contributed by atoms with E-state index in [1.54, 1.807) is 7.11 Å². The molecule has 2 atom stereocenters. The molecule has 0 radical (unpaired) electrons. The first-order valence-corrected chi connectivity index (χ1v) is 10.3. The third-order valence-electron chi connectivity index (χ3n) is 6.41. The maximum Gasteiger partial charge on any atom is 0.227 e. The number of hydrogen-bond donors (Lipinski definition) is 0. The number of rotatable bonds is 4. The number of ether oxygens (including phenoxy) is 1. The van der Waals surface area contributed by atoms with E-state index >= 15 is 0 Å². The molecule has 0 aliphatic carbocycles. The van der Waals surface area contributed by atoms with Crippen molar-refractivity contribution in [1.29, 1.82) is 0 Å².